The second kappa shape index (κ2) is 8.51. The van der Waals surface area contributed by atoms with E-state index in [1.54, 1.807) is 7.11 Å². The van der Waals surface area contributed by atoms with Gasteiger partial charge in [0.1, 0.15) is 0 Å². The Bertz CT molecular complexity index is 497. The summed E-state index contributed by atoms with van der Waals surface area (Å²) in [6.07, 6.45) is 6.27. The van der Waals surface area contributed by atoms with Crippen LogP contribution in [0.1, 0.15) is 44.6 Å². The highest BCUT2D eigenvalue weighted by atomic mass is 16.5. The molecule has 122 valence electrons. The van der Waals surface area contributed by atoms with Crippen LogP contribution in [0.25, 0.3) is 0 Å². The highest BCUT2D eigenvalue weighted by Crippen LogP contribution is 2.28. The third-order valence-electron chi connectivity index (χ3n) is 3.92. The summed E-state index contributed by atoms with van der Waals surface area (Å²) in [6.45, 7) is 3.11. The molecule has 1 aromatic carbocycles. The summed E-state index contributed by atoms with van der Waals surface area (Å²) >= 11 is 0. The molecule has 1 aliphatic rings. The number of guanidine groups is 1. The smallest absolute Gasteiger partial charge is 0.189 e. The fourth-order valence-electron chi connectivity index (χ4n) is 2.76. The van der Waals surface area contributed by atoms with Gasteiger partial charge in [0.2, 0.25) is 0 Å². The van der Waals surface area contributed by atoms with Gasteiger partial charge in [0.25, 0.3) is 0 Å². The van der Waals surface area contributed by atoms with Crippen molar-refractivity contribution in [1.29, 1.82) is 0 Å². The maximum Gasteiger partial charge on any atom is 0.189 e. The van der Waals surface area contributed by atoms with E-state index in [-0.39, 0.29) is 0 Å². The molecule has 1 aromatic rings. The van der Waals surface area contributed by atoms with Gasteiger partial charge in [-0.05, 0) is 37.5 Å². The lowest BCUT2D eigenvalue weighted by molar-refractivity contribution is 0.310. The normalized spacial score (nSPS) is 16.4. The van der Waals surface area contributed by atoms with Crippen molar-refractivity contribution in [2.75, 3.05) is 13.7 Å². The van der Waals surface area contributed by atoms with E-state index in [4.69, 9.17) is 15.2 Å². The number of nitrogens with two attached hydrogens (primary N) is 1. The number of hydrogen-bond acceptors (Lipinski definition) is 3. The minimum Gasteiger partial charge on any atom is -0.493 e. The Balaban J connectivity index is 1.93. The summed E-state index contributed by atoms with van der Waals surface area (Å²) in [7, 11) is 1.64. The van der Waals surface area contributed by atoms with Crippen molar-refractivity contribution < 1.29 is 9.47 Å². The van der Waals surface area contributed by atoms with Gasteiger partial charge in [-0.3, -0.25) is 0 Å². The number of nitrogens with zero attached hydrogens (tertiary/aromatic N) is 1. The molecule has 5 nitrogen and oxygen atoms in total. The Hall–Kier alpha value is -1.91. The molecule has 3 N–H and O–H groups in total. The van der Waals surface area contributed by atoms with Crippen molar-refractivity contribution >= 4 is 5.96 Å². The second-order valence-corrected chi connectivity index (χ2v) is 5.60. The lowest BCUT2D eigenvalue weighted by atomic mass is 9.96. The summed E-state index contributed by atoms with van der Waals surface area (Å²) < 4.78 is 10.9. The zero-order chi connectivity index (χ0) is 15.8. The molecule has 0 spiro atoms. The highest BCUT2D eigenvalue weighted by Gasteiger charge is 2.13. The van der Waals surface area contributed by atoms with Crippen LogP contribution in [0.15, 0.2) is 23.2 Å². The SMILES string of the molecule is CCOc1ccc(CN=C(N)NC2CCCCC2)cc1OC. The van der Waals surface area contributed by atoms with Gasteiger partial charge >= 0.3 is 0 Å². The molecule has 0 saturated heterocycles. The molecule has 0 aromatic heterocycles. The van der Waals surface area contributed by atoms with Crippen molar-refractivity contribution in [2.24, 2.45) is 10.7 Å². The van der Waals surface area contributed by atoms with E-state index < -0.39 is 0 Å². The van der Waals surface area contributed by atoms with Crippen LogP contribution >= 0.6 is 0 Å². The van der Waals surface area contributed by atoms with E-state index in [2.05, 4.69) is 10.3 Å². The first-order valence-electron chi connectivity index (χ1n) is 8.09. The summed E-state index contributed by atoms with van der Waals surface area (Å²) in [5.41, 5.74) is 7.03. The molecule has 1 fully saturated rings. The summed E-state index contributed by atoms with van der Waals surface area (Å²) in [4.78, 5) is 4.43. The molecular weight excluding hydrogens is 278 g/mol. The van der Waals surface area contributed by atoms with Gasteiger partial charge in [0.05, 0.1) is 20.3 Å². The van der Waals surface area contributed by atoms with Crippen LogP contribution in [0.4, 0.5) is 0 Å². The van der Waals surface area contributed by atoms with Crippen LogP contribution in [-0.4, -0.2) is 25.7 Å². The zero-order valence-electron chi connectivity index (χ0n) is 13.6. The van der Waals surface area contributed by atoms with Crippen molar-refractivity contribution in [3.05, 3.63) is 23.8 Å². The van der Waals surface area contributed by atoms with Gasteiger partial charge in [-0.2, -0.15) is 0 Å². The summed E-state index contributed by atoms with van der Waals surface area (Å²) in [5.74, 6) is 2.01. The molecule has 0 unspecified atom stereocenters. The third-order valence-corrected chi connectivity index (χ3v) is 3.92. The third kappa shape index (κ3) is 4.83. The second-order valence-electron chi connectivity index (χ2n) is 5.60. The highest BCUT2D eigenvalue weighted by molar-refractivity contribution is 5.78. The predicted octanol–water partition coefficient (Wildman–Crippen LogP) is 2.83. The maximum absolute atomic E-state index is 5.98. The summed E-state index contributed by atoms with van der Waals surface area (Å²) in [6, 6.07) is 6.33. The van der Waals surface area contributed by atoms with Crippen LogP contribution < -0.4 is 20.5 Å². The quantitative estimate of drug-likeness (QED) is 0.626. The van der Waals surface area contributed by atoms with E-state index in [1.807, 2.05) is 25.1 Å². The minimum absolute atomic E-state index is 0.479. The molecule has 0 amide bonds. The van der Waals surface area contributed by atoms with Crippen molar-refractivity contribution in [3.8, 4) is 11.5 Å². The lowest BCUT2D eigenvalue weighted by Gasteiger charge is -2.23. The maximum atomic E-state index is 5.98. The fraction of sp³-hybridized carbons (Fsp3) is 0.588. The van der Waals surface area contributed by atoms with E-state index in [1.165, 1.54) is 32.1 Å². The predicted molar refractivity (Wildman–Crippen MR) is 89.5 cm³/mol. The topological polar surface area (TPSA) is 68.9 Å². The van der Waals surface area contributed by atoms with Gasteiger partial charge < -0.3 is 20.5 Å². The standard InChI is InChI=1S/C17H27N3O2/c1-3-22-15-10-9-13(11-16(15)21-2)12-19-17(18)20-14-7-5-4-6-8-14/h9-11,14H,3-8,12H2,1-2H3,(H3,18,19,20). The van der Waals surface area contributed by atoms with Gasteiger partial charge in [0, 0.05) is 6.04 Å². The molecule has 2 rings (SSSR count). The van der Waals surface area contributed by atoms with E-state index >= 15 is 0 Å². The molecule has 1 aliphatic carbocycles. The Morgan fingerprint density at radius 1 is 1.27 bits per heavy atom. The minimum atomic E-state index is 0.479. The van der Waals surface area contributed by atoms with Gasteiger partial charge in [-0.25, -0.2) is 4.99 Å². The van der Waals surface area contributed by atoms with Gasteiger partial charge in [0.15, 0.2) is 17.5 Å². The first-order chi connectivity index (χ1) is 10.7. The largest absolute Gasteiger partial charge is 0.493 e. The van der Waals surface area contributed by atoms with Gasteiger partial charge in [-0.1, -0.05) is 25.3 Å². The number of benzene rings is 1. The Labute approximate surface area is 132 Å². The number of rotatable bonds is 6. The molecular formula is C17H27N3O2. The molecule has 0 bridgehead atoms. The van der Waals surface area contributed by atoms with E-state index in [0.717, 1.165) is 17.1 Å². The van der Waals surface area contributed by atoms with Crippen LogP contribution in [-0.2, 0) is 6.54 Å². The van der Waals surface area contributed by atoms with E-state index in [9.17, 15) is 0 Å². The molecule has 1 saturated carbocycles. The average molecular weight is 305 g/mol. The molecule has 5 heteroatoms. The molecule has 0 radical (unpaired) electrons. The molecule has 0 atom stereocenters. The Morgan fingerprint density at radius 2 is 2.05 bits per heavy atom. The van der Waals surface area contributed by atoms with Crippen LogP contribution in [0.2, 0.25) is 0 Å². The van der Waals surface area contributed by atoms with Crippen molar-refractivity contribution in [2.45, 2.75) is 51.6 Å². The number of aliphatic imine (C=N–C) groups is 1. The lowest BCUT2D eigenvalue weighted by Crippen LogP contribution is -2.41. The van der Waals surface area contributed by atoms with Crippen LogP contribution in [0.3, 0.4) is 0 Å². The van der Waals surface area contributed by atoms with E-state index in [0.29, 0.717) is 25.2 Å². The number of hydrogen-bond donors (Lipinski definition) is 2. The first-order valence-corrected chi connectivity index (χ1v) is 8.09. The van der Waals surface area contributed by atoms with Crippen LogP contribution in [0, 0.1) is 0 Å². The molecule has 0 aliphatic heterocycles. The monoisotopic (exact) mass is 305 g/mol. The molecule has 22 heavy (non-hydrogen) atoms. The fourth-order valence-corrected chi connectivity index (χ4v) is 2.76. The first kappa shape index (κ1) is 16.5. The van der Waals surface area contributed by atoms with Crippen molar-refractivity contribution in [1.82, 2.24) is 5.32 Å². The van der Waals surface area contributed by atoms with Crippen LogP contribution in [0.5, 0.6) is 11.5 Å². The van der Waals surface area contributed by atoms with Gasteiger partial charge in [-0.15, -0.1) is 0 Å². The molecule has 0 heterocycles. The average Bonchev–Trinajstić information content (AvgIpc) is 2.55. The van der Waals surface area contributed by atoms with Crippen molar-refractivity contribution in [3.63, 3.8) is 0 Å². The summed E-state index contributed by atoms with van der Waals surface area (Å²) in [5, 5.41) is 3.32. The number of ether oxygens (including phenoxy) is 2. The number of nitrogens with one attached hydrogen (secondary N) is 1. The Morgan fingerprint density at radius 3 is 2.73 bits per heavy atom. The number of methoxy groups -OCH3 is 1. The zero-order valence-corrected chi connectivity index (χ0v) is 13.6. The Kier molecular flexibility index (Phi) is 6.37.